The zero-order chi connectivity index (χ0) is 22.0. The molecular formula is C22H27N3O5S. The molecule has 1 saturated heterocycles. The van der Waals surface area contributed by atoms with Crippen LogP contribution in [0.3, 0.4) is 0 Å². The van der Waals surface area contributed by atoms with Crippen molar-refractivity contribution in [3.63, 3.8) is 0 Å². The molecule has 1 aromatic heterocycles. The van der Waals surface area contributed by atoms with Crippen molar-refractivity contribution in [1.82, 2.24) is 9.47 Å². The smallest absolute Gasteiger partial charge is 0.260 e. The summed E-state index contributed by atoms with van der Waals surface area (Å²) in [6.07, 6.45) is 1.31. The van der Waals surface area contributed by atoms with Crippen LogP contribution in [-0.4, -0.2) is 49.2 Å². The molecule has 2 aliphatic rings. The van der Waals surface area contributed by atoms with Gasteiger partial charge in [0.05, 0.1) is 17.1 Å². The van der Waals surface area contributed by atoms with Crippen molar-refractivity contribution in [1.29, 1.82) is 0 Å². The second kappa shape index (κ2) is 8.74. The zero-order valence-corrected chi connectivity index (χ0v) is 18.3. The molecule has 1 fully saturated rings. The maximum atomic E-state index is 12.8. The molecule has 166 valence electrons. The second-order valence-electron chi connectivity index (χ2n) is 8.20. The molecule has 4 rings (SSSR count). The molecule has 9 heteroatoms. The first-order valence-electron chi connectivity index (χ1n) is 10.6. The van der Waals surface area contributed by atoms with Gasteiger partial charge in [0.25, 0.3) is 11.5 Å². The molecule has 1 N–H and O–H groups in total. The van der Waals surface area contributed by atoms with E-state index in [0.717, 1.165) is 6.42 Å². The first kappa shape index (κ1) is 21.4. The molecule has 0 aliphatic carbocycles. The largest absolute Gasteiger partial charge is 0.484 e. The number of aromatic nitrogens is 1. The molecule has 0 saturated carbocycles. The van der Waals surface area contributed by atoms with Gasteiger partial charge in [0.1, 0.15) is 5.75 Å². The van der Waals surface area contributed by atoms with Gasteiger partial charge in [-0.1, -0.05) is 25.1 Å². The van der Waals surface area contributed by atoms with E-state index in [2.05, 4.69) is 4.72 Å². The summed E-state index contributed by atoms with van der Waals surface area (Å²) in [7, 11) is -3.49. The van der Waals surface area contributed by atoms with Crippen molar-refractivity contribution in [2.45, 2.75) is 32.2 Å². The SMILES string of the molecule is CCCS(=O)(=O)Nc1ccc(=O)n2c1C1CC(CN(C(=O)COc3ccccc3)C1)C2. The molecule has 2 atom stereocenters. The number of carbonyl (C=O) groups is 1. The molecule has 2 aliphatic heterocycles. The van der Waals surface area contributed by atoms with E-state index < -0.39 is 10.0 Å². The van der Waals surface area contributed by atoms with Gasteiger partial charge >= 0.3 is 0 Å². The number of nitrogens with zero attached hydrogens (tertiary/aromatic N) is 2. The Morgan fingerprint density at radius 3 is 2.65 bits per heavy atom. The minimum absolute atomic E-state index is 0.0142. The number of carbonyl (C=O) groups excluding carboxylic acids is 1. The topological polar surface area (TPSA) is 97.7 Å². The number of hydrogen-bond acceptors (Lipinski definition) is 5. The van der Waals surface area contributed by atoms with Crippen molar-refractivity contribution in [2.75, 3.05) is 30.2 Å². The predicted molar refractivity (Wildman–Crippen MR) is 118 cm³/mol. The molecule has 2 aromatic rings. The zero-order valence-electron chi connectivity index (χ0n) is 17.5. The Morgan fingerprint density at radius 2 is 1.90 bits per heavy atom. The molecule has 1 aromatic carbocycles. The highest BCUT2D eigenvalue weighted by atomic mass is 32.2. The van der Waals surface area contributed by atoms with Crippen molar-refractivity contribution in [2.24, 2.45) is 5.92 Å². The van der Waals surface area contributed by atoms with Crippen LogP contribution < -0.4 is 15.0 Å². The van der Waals surface area contributed by atoms with E-state index in [0.29, 0.717) is 43.2 Å². The normalized spacial score (nSPS) is 20.1. The molecular weight excluding hydrogens is 418 g/mol. The van der Waals surface area contributed by atoms with Gasteiger partial charge in [-0.05, 0) is 37.0 Å². The van der Waals surface area contributed by atoms with Crippen molar-refractivity contribution >= 4 is 21.6 Å². The molecule has 0 radical (unpaired) electrons. The highest BCUT2D eigenvalue weighted by Crippen LogP contribution is 2.38. The van der Waals surface area contributed by atoms with Gasteiger partial charge in [-0.3, -0.25) is 14.3 Å². The lowest BCUT2D eigenvalue weighted by atomic mass is 9.82. The number of para-hydroxylation sites is 1. The van der Waals surface area contributed by atoms with Crippen LogP contribution in [-0.2, 0) is 21.4 Å². The third-order valence-electron chi connectivity index (χ3n) is 5.79. The average molecular weight is 446 g/mol. The van der Waals surface area contributed by atoms with E-state index in [1.165, 1.54) is 6.07 Å². The lowest BCUT2D eigenvalue weighted by Gasteiger charge is -2.43. The summed E-state index contributed by atoms with van der Waals surface area (Å²) in [6.45, 7) is 3.21. The van der Waals surface area contributed by atoms with E-state index >= 15 is 0 Å². The van der Waals surface area contributed by atoms with Crippen LogP contribution in [0.1, 0.15) is 31.4 Å². The Hall–Kier alpha value is -2.81. The van der Waals surface area contributed by atoms with Crippen molar-refractivity contribution < 1.29 is 17.9 Å². The number of hydrogen-bond donors (Lipinski definition) is 1. The Kier molecular flexibility index (Phi) is 6.04. The van der Waals surface area contributed by atoms with Crippen molar-refractivity contribution in [3.05, 3.63) is 58.5 Å². The van der Waals surface area contributed by atoms with E-state index in [1.807, 2.05) is 18.2 Å². The second-order valence-corrected chi connectivity index (χ2v) is 10.0. The number of fused-ring (bicyclic) bond motifs is 4. The molecule has 2 unspecified atom stereocenters. The highest BCUT2D eigenvalue weighted by Gasteiger charge is 2.38. The maximum absolute atomic E-state index is 12.8. The minimum atomic E-state index is -3.49. The summed E-state index contributed by atoms with van der Waals surface area (Å²) >= 11 is 0. The molecule has 3 heterocycles. The first-order valence-corrected chi connectivity index (χ1v) is 12.2. The number of likely N-dealkylation sites (tertiary alicyclic amines) is 1. The fourth-order valence-electron chi connectivity index (χ4n) is 4.55. The Morgan fingerprint density at radius 1 is 1.13 bits per heavy atom. The van der Waals surface area contributed by atoms with Gasteiger partial charge in [0.2, 0.25) is 10.0 Å². The Labute approximate surface area is 181 Å². The number of amides is 1. The molecule has 8 nitrogen and oxygen atoms in total. The fraction of sp³-hybridized carbons (Fsp3) is 0.455. The number of pyridine rings is 1. The van der Waals surface area contributed by atoms with Crippen LogP contribution in [0.15, 0.2) is 47.3 Å². The standard InChI is InChI=1S/C22H27N3O5S/c1-2-10-31(28,29)23-19-8-9-20(26)25-13-16-11-17(22(19)25)14-24(12-16)21(27)15-30-18-6-4-3-5-7-18/h3-9,16-17,23H,2,10-15H2,1H3. The summed E-state index contributed by atoms with van der Waals surface area (Å²) in [5, 5.41) is 0. The van der Waals surface area contributed by atoms with Gasteiger partial charge < -0.3 is 14.2 Å². The minimum Gasteiger partial charge on any atom is -0.484 e. The van der Waals surface area contributed by atoms with Crippen LogP contribution in [0.2, 0.25) is 0 Å². The summed E-state index contributed by atoms with van der Waals surface area (Å²) in [5.41, 5.74) is 0.964. The van der Waals surface area contributed by atoms with E-state index in [1.54, 1.807) is 34.6 Å². The Balaban J connectivity index is 1.54. The number of benzene rings is 1. The van der Waals surface area contributed by atoms with E-state index in [-0.39, 0.29) is 35.7 Å². The van der Waals surface area contributed by atoms with E-state index in [9.17, 15) is 18.0 Å². The average Bonchev–Trinajstić information content (AvgIpc) is 2.74. The highest BCUT2D eigenvalue weighted by molar-refractivity contribution is 7.92. The summed E-state index contributed by atoms with van der Waals surface area (Å²) in [4.78, 5) is 27.1. The number of rotatable bonds is 7. The summed E-state index contributed by atoms with van der Waals surface area (Å²) < 4.78 is 34.6. The Bertz CT molecular complexity index is 1110. The third kappa shape index (κ3) is 4.76. The lowest BCUT2D eigenvalue weighted by Crippen LogP contribution is -2.50. The van der Waals surface area contributed by atoms with Gasteiger partial charge in [0.15, 0.2) is 6.61 Å². The summed E-state index contributed by atoms with van der Waals surface area (Å²) in [6, 6.07) is 12.1. The monoisotopic (exact) mass is 445 g/mol. The van der Waals surface area contributed by atoms with Gasteiger partial charge in [-0.15, -0.1) is 0 Å². The van der Waals surface area contributed by atoms with Gasteiger partial charge in [-0.2, -0.15) is 0 Å². The number of piperidine rings is 1. The molecule has 2 bridgehead atoms. The molecule has 31 heavy (non-hydrogen) atoms. The molecule has 1 amide bonds. The summed E-state index contributed by atoms with van der Waals surface area (Å²) in [5.74, 6) is 0.574. The van der Waals surface area contributed by atoms with Crippen LogP contribution >= 0.6 is 0 Å². The number of sulfonamides is 1. The maximum Gasteiger partial charge on any atom is 0.260 e. The van der Waals surface area contributed by atoms with Crippen LogP contribution in [0.4, 0.5) is 5.69 Å². The van der Waals surface area contributed by atoms with Gasteiger partial charge in [0, 0.05) is 31.6 Å². The third-order valence-corrected chi connectivity index (χ3v) is 7.26. The predicted octanol–water partition coefficient (Wildman–Crippen LogP) is 2.02. The number of anilines is 1. The molecule has 0 spiro atoms. The van der Waals surface area contributed by atoms with Crippen molar-refractivity contribution in [3.8, 4) is 5.75 Å². The quantitative estimate of drug-likeness (QED) is 0.703. The van der Waals surface area contributed by atoms with Crippen LogP contribution in [0.5, 0.6) is 5.75 Å². The first-order chi connectivity index (χ1) is 14.9. The van der Waals surface area contributed by atoms with Crippen LogP contribution in [0.25, 0.3) is 0 Å². The fourth-order valence-corrected chi connectivity index (χ4v) is 5.69. The van der Waals surface area contributed by atoms with Gasteiger partial charge in [-0.25, -0.2) is 8.42 Å². The van der Waals surface area contributed by atoms with E-state index in [4.69, 9.17) is 4.74 Å². The van der Waals surface area contributed by atoms with Crippen LogP contribution in [0, 0.1) is 5.92 Å². The lowest BCUT2D eigenvalue weighted by molar-refractivity contribution is -0.136. The number of nitrogens with one attached hydrogen (secondary N) is 1. The number of ether oxygens (including phenoxy) is 1.